The number of nitrogens with two attached hydrogens (primary N) is 1. The van der Waals surface area contributed by atoms with E-state index < -0.39 is 5.41 Å². The van der Waals surface area contributed by atoms with Crippen LogP contribution in [0.15, 0.2) is 22.7 Å². The van der Waals surface area contributed by atoms with Crippen LogP contribution < -0.4 is 11.1 Å². The monoisotopic (exact) mass is 348 g/mol. The van der Waals surface area contributed by atoms with E-state index in [1.165, 1.54) is 0 Å². The van der Waals surface area contributed by atoms with Crippen molar-refractivity contribution >= 4 is 56.3 Å². The first kappa shape index (κ1) is 15.4. The Bertz CT molecular complexity index is 495. The summed E-state index contributed by atoms with van der Waals surface area (Å²) in [5.41, 5.74) is 5.43. The van der Waals surface area contributed by atoms with Gasteiger partial charge < -0.3 is 11.1 Å². The molecule has 1 aromatic rings. The number of rotatable bonds is 4. The van der Waals surface area contributed by atoms with Gasteiger partial charge in [-0.25, -0.2) is 0 Å². The van der Waals surface area contributed by atoms with Crippen molar-refractivity contribution in [1.82, 2.24) is 0 Å². The van der Waals surface area contributed by atoms with Crippen molar-refractivity contribution in [3.05, 3.63) is 27.7 Å². The summed E-state index contributed by atoms with van der Waals surface area (Å²) < 4.78 is 0.718. The summed E-state index contributed by atoms with van der Waals surface area (Å²) in [5, 5.41) is 3.37. The lowest BCUT2D eigenvalue weighted by atomic mass is 9.86. The third kappa shape index (κ3) is 3.22. The van der Waals surface area contributed by atoms with E-state index in [1.807, 2.05) is 6.92 Å². The van der Waals surface area contributed by atoms with Gasteiger partial charge in [0.1, 0.15) is 0 Å². The van der Waals surface area contributed by atoms with Gasteiger partial charge in [0.25, 0.3) is 0 Å². The number of carbonyl (C=O) groups excluding carboxylic acids is 1. The zero-order chi connectivity index (χ0) is 13.9. The van der Waals surface area contributed by atoms with E-state index in [0.717, 1.165) is 4.47 Å². The predicted octanol–water partition coefficient (Wildman–Crippen LogP) is 3.74. The highest BCUT2D eigenvalue weighted by molar-refractivity contribution is 9.10. The highest BCUT2D eigenvalue weighted by Crippen LogP contribution is 2.28. The molecule has 3 N–H and O–H groups in total. The van der Waals surface area contributed by atoms with Gasteiger partial charge >= 0.3 is 0 Å². The molecule has 1 aromatic carbocycles. The lowest BCUT2D eigenvalue weighted by Gasteiger charge is -2.25. The van der Waals surface area contributed by atoms with E-state index in [9.17, 15) is 4.79 Å². The molecule has 0 saturated carbocycles. The standard InChI is InChI=1S/C12H14BrClN2OS/c1-3-12(2,10(15)18)11(17)16-7-4-5-9(14)8(13)6-7/h4-6H,3H2,1-2H3,(H2,15,18)(H,16,17). The Balaban J connectivity index is 2.93. The Morgan fingerprint density at radius 1 is 1.61 bits per heavy atom. The first-order valence-electron chi connectivity index (χ1n) is 5.37. The number of benzene rings is 1. The second kappa shape index (κ2) is 5.99. The van der Waals surface area contributed by atoms with Crippen LogP contribution in [0.3, 0.4) is 0 Å². The van der Waals surface area contributed by atoms with Crippen molar-refractivity contribution in [3.8, 4) is 0 Å². The highest BCUT2D eigenvalue weighted by Gasteiger charge is 2.34. The van der Waals surface area contributed by atoms with Gasteiger partial charge in [-0.1, -0.05) is 30.7 Å². The van der Waals surface area contributed by atoms with Crippen LogP contribution in [0.4, 0.5) is 5.69 Å². The fraction of sp³-hybridized carbons (Fsp3) is 0.333. The molecule has 0 heterocycles. The molecule has 0 aliphatic rings. The lowest BCUT2D eigenvalue weighted by molar-refractivity contribution is -0.121. The molecule has 0 aromatic heterocycles. The molecule has 1 amide bonds. The molecule has 0 aliphatic heterocycles. The molecule has 1 atom stereocenters. The van der Waals surface area contributed by atoms with Gasteiger partial charge in [-0.2, -0.15) is 0 Å². The largest absolute Gasteiger partial charge is 0.392 e. The van der Waals surface area contributed by atoms with Crippen LogP contribution in [-0.2, 0) is 4.79 Å². The molecular formula is C12H14BrClN2OS. The van der Waals surface area contributed by atoms with Gasteiger partial charge in [0.15, 0.2) is 0 Å². The maximum absolute atomic E-state index is 12.2. The van der Waals surface area contributed by atoms with E-state index in [4.69, 9.17) is 29.6 Å². The van der Waals surface area contributed by atoms with Crippen molar-refractivity contribution in [3.63, 3.8) is 0 Å². The summed E-state index contributed by atoms with van der Waals surface area (Å²) in [4.78, 5) is 12.4. The number of thiocarbonyl (C=S) groups is 1. The maximum Gasteiger partial charge on any atom is 0.237 e. The van der Waals surface area contributed by atoms with Crippen molar-refractivity contribution in [2.24, 2.45) is 11.1 Å². The summed E-state index contributed by atoms with van der Waals surface area (Å²) in [6.45, 7) is 3.60. The highest BCUT2D eigenvalue weighted by atomic mass is 79.9. The van der Waals surface area contributed by atoms with Crippen LogP contribution in [-0.4, -0.2) is 10.9 Å². The van der Waals surface area contributed by atoms with Gasteiger partial charge in [-0.3, -0.25) is 4.79 Å². The smallest absolute Gasteiger partial charge is 0.237 e. The van der Waals surface area contributed by atoms with Crippen molar-refractivity contribution in [2.75, 3.05) is 5.32 Å². The molecule has 1 unspecified atom stereocenters. The molecule has 0 aliphatic carbocycles. The number of carbonyl (C=O) groups is 1. The average molecular weight is 350 g/mol. The molecule has 0 spiro atoms. The van der Waals surface area contributed by atoms with E-state index in [-0.39, 0.29) is 10.9 Å². The number of nitrogens with one attached hydrogen (secondary N) is 1. The number of halogens is 2. The van der Waals surface area contributed by atoms with Crippen LogP contribution >= 0.6 is 39.7 Å². The van der Waals surface area contributed by atoms with Gasteiger partial charge in [-0.05, 0) is 47.5 Å². The van der Waals surface area contributed by atoms with Crippen LogP contribution in [0.2, 0.25) is 5.02 Å². The SMILES string of the molecule is CCC(C)(C(=O)Nc1ccc(Cl)c(Br)c1)C(N)=S. The molecule has 0 bridgehead atoms. The number of anilines is 1. The quantitative estimate of drug-likeness (QED) is 0.814. The fourth-order valence-electron chi connectivity index (χ4n) is 1.29. The molecule has 3 nitrogen and oxygen atoms in total. The summed E-state index contributed by atoms with van der Waals surface area (Å²) in [7, 11) is 0. The minimum Gasteiger partial charge on any atom is -0.392 e. The molecular weight excluding hydrogens is 336 g/mol. The summed E-state index contributed by atoms with van der Waals surface area (Å²) in [6.07, 6.45) is 0.545. The van der Waals surface area contributed by atoms with E-state index in [0.29, 0.717) is 17.1 Å². The zero-order valence-electron chi connectivity index (χ0n) is 10.1. The Kier molecular flexibility index (Phi) is 5.13. The number of hydrogen-bond acceptors (Lipinski definition) is 2. The minimum absolute atomic E-state index is 0.190. The molecule has 98 valence electrons. The first-order valence-corrected chi connectivity index (χ1v) is 6.95. The Morgan fingerprint density at radius 2 is 2.22 bits per heavy atom. The van der Waals surface area contributed by atoms with Crippen LogP contribution in [0.1, 0.15) is 20.3 Å². The minimum atomic E-state index is -0.846. The second-order valence-corrected chi connectivity index (χ2v) is 5.83. The van der Waals surface area contributed by atoms with Crippen molar-refractivity contribution < 1.29 is 4.79 Å². The molecule has 0 saturated heterocycles. The van der Waals surface area contributed by atoms with Gasteiger partial charge in [0, 0.05) is 10.2 Å². The molecule has 1 rings (SSSR count). The summed E-state index contributed by atoms with van der Waals surface area (Å²) in [5.74, 6) is -0.216. The topological polar surface area (TPSA) is 55.1 Å². The van der Waals surface area contributed by atoms with Gasteiger partial charge in [0.2, 0.25) is 5.91 Å². The molecule has 6 heteroatoms. The Labute approximate surface area is 125 Å². The Hall–Kier alpha value is -0.650. The predicted molar refractivity (Wildman–Crippen MR) is 83.0 cm³/mol. The average Bonchev–Trinajstić information content (AvgIpc) is 2.32. The number of amides is 1. The van der Waals surface area contributed by atoms with Gasteiger partial charge in [-0.15, -0.1) is 0 Å². The molecule has 0 radical (unpaired) electrons. The second-order valence-electron chi connectivity index (χ2n) is 4.13. The molecule has 0 fully saturated rings. The van der Waals surface area contributed by atoms with E-state index >= 15 is 0 Å². The lowest BCUT2D eigenvalue weighted by Crippen LogP contribution is -2.43. The fourth-order valence-corrected chi connectivity index (χ4v) is 2.02. The van der Waals surface area contributed by atoms with Crippen LogP contribution in [0.5, 0.6) is 0 Å². The third-order valence-corrected chi connectivity index (χ3v) is 4.59. The van der Waals surface area contributed by atoms with Crippen molar-refractivity contribution in [1.29, 1.82) is 0 Å². The van der Waals surface area contributed by atoms with Crippen molar-refractivity contribution in [2.45, 2.75) is 20.3 Å². The summed E-state index contributed by atoms with van der Waals surface area (Å²) >= 11 is 14.1. The van der Waals surface area contributed by atoms with E-state index in [1.54, 1.807) is 25.1 Å². The number of hydrogen-bond donors (Lipinski definition) is 2. The van der Waals surface area contributed by atoms with Crippen LogP contribution in [0, 0.1) is 5.41 Å². The third-order valence-electron chi connectivity index (χ3n) is 2.93. The molecule has 18 heavy (non-hydrogen) atoms. The first-order chi connectivity index (χ1) is 8.31. The van der Waals surface area contributed by atoms with E-state index in [2.05, 4.69) is 21.2 Å². The normalized spacial score (nSPS) is 13.8. The zero-order valence-corrected chi connectivity index (χ0v) is 13.2. The maximum atomic E-state index is 12.2. The Morgan fingerprint density at radius 3 is 2.67 bits per heavy atom. The van der Waals surface area contributed by atoms with Crippen LogP contribution in [0.25, 0.3) is 0 Å². The summed E-state index contributed by atoms with van der Waals surface area (Å²) in [6, 6.07) is 5.15. The van der Waals surface area contributed by atoms with Gasteiger partial charge in [0.05, 0.1) is 15.4 Å².